The highest BCUT2D eigenvalue weighted by atomic mass is 79.9. The Morgan fingerprint density at radius 1 is 1.22 bits per heavy atom. The summed E-state index contributed by atoms with van der Waals surface area (Å²) >= 11 is 3.39. The molecule has 0 bridgehead atoms. The number of aliphatic hydroxyl groups is 3. The molecule has 1 aromatic heterocycles. The van der Waals surface area contributed by atoms with Crippen LogP contribution in [0.15, 0.2) is 35.1 Å². The molecule has 124 valence electrons. The first kappa shape index (κ1) is 16.4. The lowest BCUT2D eigenvalue weighted by molar-refractivity contribution is -0.0518. The van der Waals surface area contributed by atoms with E-state index in [1.165, 1.54) is 10.9 Å². The minimum atomic E-state index is -1.18. The van der Waals surface area contributed by atoms with Crippen molar-refractivity contribution in [1.29, 1.82) is 0 Å². The number of halogens is 1. The molecule has 1 aliphatic rings. The average molecular weight is 384 g/mol. The van der Waals surface area contributed by atoms with Gasteiger partial charge in [0.2, 0.25) is 0 Å². The number of imidazole rings is 1. The maximum Gasteiger partial charge on any atom is 0.165 e. The van der Waals surface area contributed by atoms with Gasteiger partial charge in [-0.2, -0.15) is 0 Å². The molecule has 5 N–H and O–H groups in total. The van der Waals surface area contributed by atoms with Crippen LogP contribution in [0.2, 0.25) is 0 Å². The number of rotatable bonds is 4. The van der Waals surface area contributed by atoms with Crippen molar-refractivity contribution in [2.45, 2.75) is 31.0 Å². The SMILES string of the molecule is Nc1c(Cc2ccc(Br)cc2)ncn1[C@@H]1O[C@H](CO)[C@@H](O)[C@H]1O. The highest BCUT2D eigenvalue weighted by Crippen LogP contribution is 2.32. The monoisotopic (exact) mass is 383 g/mol. The lowest BCUT2D eigenvalue weighted by Crippen LogP contribution is -2.33. The number of anilines is 1. The van der Waals surface area contributed by atoms with Gasteiger partial charge in [0.05, 0.1) is 18.6 Å². The largest absolute Gasteiger partial charge is 0.394 e. The van der Waals surface area contributed by atoms with E-state index in [2.05, 4.69) is 20.9 Å². The summed E-state index contributed by atoms with van der Waals surface area (Å²) in [5, 5.41) is 29.1. The van der Waals surface area contributed by atoms with Crippen LogP contribution in [0, 0.1) is 0 Å². The van der Waals surface area contributed by atoms with Gasteiger partial charge in [0.1, 0.15) is 24.1 Å². The van der Waals surface area contributed by atoms with Gasteiger partial charge in [-0.3, -0.25) is 4.57 Å². The van der Waals surface area contributed by atoms with Crippen molar-refractivity contribution in [3.63, 3.8) is 0 Å². The molecular weight excluding hydrogens is 366 g/mol. The molecule has 0 saturated carbocycles. The van der Waals surface area contributed by atoms with E-state index in [4.69, 9.17) is 15.6 Å². The van der Waals surface area contributed by atoms with E-state index in [1.807, 2.05) is 24.3 Å². The summed E-state index contributed by atoms with van der Waals surface area (Å²) in [6.45, 7) is -0.380. The van der Waals surface area contributed by atoms with Crippen LogP contribution in [0.4, 0.5) is 5.82 Å². The maximum absolute atomic E-state index is 10.1. The Morgan fingerprint density at radius 2 is 1.91 bits per heavy atom. The fraction of sp³-hybridized carbons (Fsp3) is 0.400. The van der Waals surface area contributed by atoms with Gasteiger partial charge in [-0.1, -0.05) is 28.1 Å². The lowest BCUT2D eigenvalue weighted by atomic mass is 10.1. The van der Waals surface area contributed by atoms with Crippen molar-refractivity contribution in [3.05, 3.63) is 46.3 Å². The Morgan fingerprint density at radius 3 is 2.52 bits per heavy atom. The van der Waals surface area contributed by atoms with Gasteiger partial charge in [0.15, 0.2) is 6.23 Å². The normalized spacial score (nSPS) is 27.5. The average Bonchev–Trinajstić information content (AvgIpc) is 3.03. The highest BCUT2D eigenvalue weighted by Gasteiger charge is 2.43. The quantitative estimate of drug-likeness (QED) is 0.608. The van der Waals surface area contributed by atoms with E-state index in [0.29, 0.717) is 17.9 Å². The Bertz CT molecular complexity index is 676. The van der Waals surface area contributed by atoms with Gasteiger partial charge >= 0.3 is 0 Å². The first-order chi connectivity index (χ1) is 11.0. The third-order valence-electron chi connectivity index (χ3n) is 3.99. The molecule has 1 saturated heterocycles. The molecule has 1 aromatic carbocycles. The number of ether oxygens (including phenoxy) is 1. The van der Waals surface area contributed by atoms with Crippen LogP contribution in [0.5, 0.6) is 0 Å². The van der Waals surface area contributed by atoms with E-state index in [0.717, 1.165) is 10.0 Å². The molecule has 1 fully saturated rings. The standard InChI is InChI=1S/C15H18BrN3O4/c16-9-3-1-8(2-4-9)5-10-14(17)19(7-18-10)15-13(22)12(21)11(6-20)23-15/h1-4,7,11-13,15,20-22H,5-6,17H2/t11-,12-,13-,15-/m1/s1. The molecule has 0 unspecified atom stereocenters. The summed E-state index contributed by atoms with van der Waals surface area (Å²) < 4.78 is 7.94. The number of aliphatic hydroxyl groups excluding tert-OH is 3. The highest BCUT2D eigenvalue weighted by molar-refractivity contribution is 9.10. The van der Waals surface area contributed by atoms with E-state index in [1.54, 1.807) is 0 Å². The van der Waals surface area contributed by atoms with Crippen LogP contribution in [-0.4, -0.2) is 49.8 Å². The Labute approximate surface area is 141 Å². The topological polar surface area (TPSA) is 114 Å². The molecule has 0 spiro atoms. The van der Waals surface area contributed by atoms with Crippen molar-refractivity contribution in [1.82, 2.24) is 9.55 Å². The lowest BCUT2D eigenvalue weighted by Gasteiger charge is -2.17. The summed E-state index contributed by atoms with van der Waals surface area (Å²) in [6, 6.07) is 7.81. The second-order valence-corrected chi connectivity index (χ2v) is 6.43. The third kappa shape index (κ3) is 3.13. The number of aromatic nitrogens is 2. The predicted octanol–water partition coefficient (Wildman–Crippen LogP) is 0.430. The first-order valence-electron chi connectivity index (χ1n) is 7.19. The van der Waals surface area contributed by atoms with Crippen molar-refractivity contribution < 1.29 is 20.1 Å². The summed E-state index contributed by atoms with van der Waals surface area (Å²) in [5.41, 5.74) is 7.82. The van der Waals surface area contributed by atoms with Crippen LogP contribution in [-0.2, 0) is 11.2 Å². The molecule has 0 aliphatic carbocycles. The number of nitrogen functional groups attached to an aromatic ring is 1. The van der Waals surface area contributed by atoms with Gasteiger partial charge in [-0.15, -0.1) is 0 Å². The molecule has 0 amide bonds. The molecule has 8 heteroatoms. The molecular formula is C15H18BrN3O4. The molecule has 2 heterocycles. The van der Waals surface area contributed by atoms with Crippen molar-refractivity contribution in [2.75, 3.05) is 12.3 Å². The number of benzene rings is 1. The number of nitrogens with zero attached hydrogens (tertiary/aromatic N) is 2. The van der Waals surface area contributed by atoms with Crippen molar-refractivity contribution in [3.8, 4) is 0 Å². The minimum absolute atomic E-state index is 0.364. The third-order valence-corrected chi connectivity index (χ3v) is 4.52. The molecule has 0 radical (unpaired) electrons. The second kappa shape index (κ2) is 6.58. The number of hydrogen-bond acceptors (Lipinski definition) is 6. The van der Waals surface area contributed by atoms with E-state index < -0.39 is 24.5 Å². The minimum Gasteiger partial charge on any atom is -0.394 e. The van der Waals surface area contributed by atoms with Crippen LogP contribution in [0.1, 0.15) is 17.5 Å². The van der Waals surface area contributed by atoms with E-state index in [-0.39, 0.29) is 6.61 Å². The fourth-order valence-corrected chi connectivity index (χ4v) is 2.92. The molecule has 1 aliphatic heterocycles. The van der Waals surface area contributed by atoms with Crippen LogP contribution in [0.3, 0.4) is 0 Å². The Kier molecular flexibility index (Phi) is 4.69. The maximum atomic E-state index is 10.1. The first-order valence-corrected chi connectivity index (χ1v) is 7.98. The summed E-state index contributed by atoms with van der Waals surface area (Å²) in [7, 11) is 0. The van der Waals surface area contributed by atoms with Gasteiger partial charge in [-0.25, -0.2) is 4.98 Å². The van der Waals surface area contributed by atoms with Gasteiger partial charge in [-0.05, 0) is 17.7 Å². The summed E-state index contributed by atoms with van der Waals surface area (Å²) in [4.78, 5) is 4.28. The smallest absolute Gasteiger partial charge is 0.165 e. The summed E-state index contributed by atoms with van der Waals surface area (Å²) in [6.07, 6.45) is -2.03. The zero-order valence-electron chi connectivity index (χ0n) is 12.2. The van der Waals surface area contributed by atoms with Crippen molar-refractivity contribution in [2.24, 2.45) is 0 Å². The van der Waals surface area contributed by atoms with Gasteiger partial charge in [0, 0.05) is 10.9 Å². The zero-order chi connectivity index (χ0) is 16.6. The second-order valence-electron chi connectivity index (χ2n) is 5.52. The fourth-order valence-electron chi connectivity index (χ4n) is 2.65. The van der Waals surface area contributed by atoms with Crippen molar-refractivity contribution >= 4 is 21.7 Å². The van der Waals surface area contributed by atoms with E-state index >= 15 is 0 Å². The molecule has 3 rings (SSSR count). The van der Waals surface area contributed by atoms with Crippen LogP contribution in [0.25, 0.3) is 0 Å². The summed E-state index contributed by atoms with van der Waals surface area (Å²) in [5.74, 6) is 0.364. The molecule has 4 atom stereocenters. The molecule has 23 heavy (non-hydrogen) atoms. The van der Waals surface area contributed by atoms with Gasteiger partial charge < -0.3 is 25.8 Å². The number of nitrogens with two attached hydrogens (primary N) is 1. The Balaban J connectivity index is 1.81. The van der Waals surface area contributed by atoms with E-state index in [9.17, 15) is 10.2 Å². The molecule has 2 aromatic rings. The zero-order valence-corrected chi connectivity index (χ0v) is 13.8. The predicted molar refractivity (Wildman–Crippen MR) is 86.6 cm³/mol. The molecule has 7 nitrogen and oxygen atoms in total. The van der Waals surface area contributed by atoms with Crippen LogP contribution >= 0.6 is 15.9 Å². The van der Waals surface area contributed by atoms with Gasteiger partial charge in [0.25, 0.3) is 0 Å². The van der Waals surface area contributed by atoms with Crippen LogP contribution < -0.4 is 5.73 Å². The Hall–Kier alpha value is -1.45. The number of hydrogen-bond donors (Lipinski definition) is 4.